The molecular formula is C16H22F3N5O4. The third-order valence-corrected chi connectivity index (χ3v) is 3.70. The maximum Gasteiger partial charge on any atom is 0.490 e. The predicted molar refractivity (Wildman–Crippen MR) is 93.5 cm³/mol. The average molecular weight is 405 g/mol. The number of hydrogen-bond donors (Lipinski definition) is 4. The van der Waals surface area contributed by atoms with Gasteiger partial charge in [0.15, 0.2) is 0 Å². The first-order valence-electron chi connectivity index (χ1n) is 8.38. The van der Waals surface area contributed by atoms with Crippen LogP contribution in [0.15, 0.2) is 24.4 Å². The van der Waals surface area contributed by atoms with E-state index < -0.39 is 18.1 Å². The van der Waals surface area contributed by atoms with Gasteiger partial charge in [-0.3, -0.25) is 4.79 Å². The smallest absolute Gasteiger partial charge is 0.475 e. The highest BCUT2D eigenvalue weighted by atomic mass is 19.4. The number of anilines is 1. The van der Waals surface area contributed by atoms with Crippen molar-refractivity contribution in [3.8, 4) is 0 Å². The SMILES string of the molecule is NC(=O)CCNC(=O)NC1CCN(c2ccccn2)CC1.O=C(O)C(F)(F)F. The van der Waals surface area contributed by atoms with E-state index in [4.69, 9.17) is 15.6 Å². The molecule has 1 aliphatic heterocycles. The summed E-state index contributed by atoms with van der Waals surface area (Å²) >= 11 is 0. The number of aliphatic carboxylic acids is 1. The Kier molecular flexibility index (Phi) is 8.99. The second-order valence-corrected chi connectivity index (χ2v) is 5.87. The molecule has 156 valence electrons. The van der Waals surface area contributed by atoms with Gasteiger partial charge >= 0.3 is 18.2 Å². The highest BCUT2D eigenvalue weighted by Gasteiger charge is 2.38. The third kappa shape index (κ3) is 9.05. The van der Waals surface area contributed by atoms with Gasteiger partial charge in [-0.05, 0) is 25.0 Å². The van der Waals surface area contributed by atoms with Crippen LogP contribution in [-0.4, -0.2) is 59.9 Å². The average Bonchev–Trinajstić information content (AvgIpc) is 2.62. The fourth-order valence-electron chi connectivity index (χ4n) is 2.33. The molecule has 3 amide bonds. The summed E-state index contributed by atoms with van der Waals surface area (Å²) < 4.78 is 31.7. The molecule has 0 radical (unpaired) electrons. The Labute approximate surface area is 159 Å². The molecule has 0 aromatic carbocycles. The number of pyridine rings is 1. The van der Waals surface area contributed by atoms with Crippen LogP contribution in [0.1, 0.15) is 19.3 Å². The standard InChI is InChI=1S/C14H21N5O2.C2HF3O2/c15-12(20)4-8-17-14(21)18-11-5-9-19(10-6-11)13-3-1-2-7-16-13;3-2(4,5)1(6)7/h1-3,7,11H,4-6,8-10H2,(H2,15,20)(H2,17,18,21);(H,6,7). The van der Waals surface area contributed by atoms with Gasteiger partial charge in [-0.15, -0.1) is 0 Å². The predicted octanol–water partition coefficient (Wildman–Crippen LogP) is 0.858. The lowest BCUT2D eigenvalue weighted by atomic mass is 10.1. The van der Waals surface area contributed by atoms with Crippen LogP contribution >= 0.6 is 0 Å². The molecule has 0 unspecified atom stereocenters. The Morgan fingerprint density at radius 2 is 1.86 bits per heavy atom. The maximum absolute atomic E-state index is 11.6. The van der Waals surface area contributed by atoms with E-state index >= 15 is 0 Å². The van der Waals surface area contributed by atoms with Gasteiger partial charge in [0, 0.05) is 38.3 Å². The lowest BCUT2D eigenvalue weighted by Crippen LogP contribution is -2.48. The second-order valence-electron chi connectivity index (χ2n) is 5.87. The van der Waals surface area contributed by atoms with Crippen LogP contribution < -0.4 is 21.3 Å². The quantitative estimate of drug-likeness (QED) is 0.573. The summed E-state index contributed by atoms with van der Waals surface area (Å²) in [6, 6.07) is 5.77. The summed E-state index contributed by atoms with van der Waals surface area (Å²) in [5, 5.41) is 12.7. The number of urea groups is 1. The number of carbonyl (C=O) groups is 3. The number of carboxylic acids is 1. The Morgan fingerprint density at radius 3 is 2.32 bits per heavy atom. The van der Waals surface area contributed by atoms with E-state index in [-0.39, 0.29) is 25.0 Å². The van der Waals surface area contributed by atoms with Gasteiger partial charge in [0.05, 0.1) is 0 Å². The minimum atomic E-state index is -5.08. The molecule has 1 aromatic heterocycles. The van der Waals surface area contributed by atoms with Crippen LogP contribution in [0.4, 0.5) is 23.8 Å². The molecule has 1 aromatic rings. The topological polar surface area (TPSA) is 138 Å². The largest absolute Gasteiger partial charge is 0.490 e. The van der Waals surface area contributed by atoms with Crippen molar-refractivity contribution in [3.05, 3.63) is 24.4 Å². The molecule has 28 heavy (non-hydrogen) atoms. The van der Waals surface area contributed by atoms with Gasteiger partial charge < -0.3 is 26.4 Å². The molecule has 0 atom stereocenters. The number of nitrogens with one attached hydrogen (secondary N) is 2. The second kappa shape index (κ2) is 10.9. The van der Waals surface area contributed by atoms with E-state index in [0.717, 1.165) is 31.7 Å². The van der Waals surface area contributed by atoms with Crippen LogP contribution in [0, 0.1) is 0 Å². The van der Waals surface area contributed by atoms with Crippen molar-refractivity contribution in [2.24, 2.45) is 5.73 Å². The Bertz CT molecular complexity index is 649. The van der Waals surface area contributed by atoms with Crippen LogP contribution in [-0.2, 0) is 9.59 Å². The number of rotatable bonds is 5. The van der Waals surface area contributed by atoms with Crippen molar-refractivity contribution in [1.29, 1.82) is 0 Å². The number of primary amides is 1. The first kappa shape index (κ1) is 23.0. The zero-order valence-corrected chi connectivity index (χ0v) is 14.9. The molecule has 2 heterocycles. The molecule has 1 fully saturated rings. The summed E-state index contributed by atoms with van der Waals surface area (Å²) in [5.74, 6) is -2.20. The molecule has 9 nitrogen and oxygen atoms in total. The molecule has 1 aliphatic rings. The number of carbonyl (C=O) groups excluding carboxylic acids is 2. The molecule has 5 N–H and O–H groups in total. The first-order valence-corrected chi connectivity index (χ1v) is 8.38. The van der Waals surface area contributed by atoms with Crippen LogP contribution in [0.5, 0.6) is 0 Å². The number of hydrogen-bond acceptors (Lipinski definition) is 5. The number of halogens is 3. The van der Waals surface area contributed by atoms with Crippen LogP contribution in [0.2, 0.25) is 0 Å². The minimum absolute atomic E-state index is 0.151. The Morgan fingerprint density at radius 1 is 1.25 bits per heavy atom. The van der Waals surface area contributed by atoms with Crippen LogP contribution in [0.25, 0.3) is 0 Å². The molecule has 0 aliphatic carbocycles. The Hall–Kier alpha value is -3.05. The normalized spacial score (nSPS) is 14.5. The highest BCUT2D eigenvalue weighted by molar-refractivity contribution is 5.77. The summed E-state index contributed by atoms with van der Waals surface area (Å²) in [6.45, 7) is 2.00. The number of nitrogens with zero attached hydrogens (tertiary/aromatic N) is 2. The zero-order chi connectivity index (χ0) is 21.2. The van der Waals surface area contributed by atoms with E-state index in [0.29, 0.717) is 0 Å². The molecule has 12 heteroatoms. The van der Waals surface area contributed by atoms with E-state index in [2.05, 4.69) is 20.5 Å². The van der Waals surface area contributed by atoms with Crippen molar-refractivity contribution >= 4 is 23.7 Å². The van der Waals surface area contributed by atoms with Crippen molar-refractivity contribution in [1.82, 2.24) is 15.6 Å². The van der Waals surface area contributed by atoms with Gasteiger partial charge in [0.25, 0.3) is 0 Å². The number of alkyl halides is 3. The molecule has 0 bridgehead atoms. The van der Waals surface area contributed by atoms with Gasteiger partial charge in [-0.1, -0.05) is 6.07 Å². The number of amides is 3. The maximum atomic E-state index is 11.6. The summed E-state index contributed by atoms with van der Waals surface area (Å²) in [6.07, 6.45) is -1.39. The van der Waals surface area contributed by atoms with Crippen molar-refractivity contribution < 1.29 is 32.7 Å². The van der Waals surface area contributed by atoms with Gasteiger partial charge in [-0.25, -0.2) is 14.6 Å². The zero-order valence-electron chi connectivity index (χ0n) is 14.9. The summed E-state index contributed by atoms with van der Waals surface area (Å²) in [7, 11) is 0. The lowest BCUT2D eigenvalue weighted by molar-refractivity contribution is -0.192. The number of nitrogens with two attached hydrogens (primary N) is 1. The monoisotopic (exact) mass is 405 g/mol. The van der Waals surface area contributed by atoms with Crippen molar-refractivity contribution in [3.63, 3.8) is 0 Å². The number of carboxylic acid groups (broad SMARTS) is 1. The fraction of sp³-hybridized carbons (Fsp3) is 0.500. The van der Waals surface area contributed by atoms with Gasteiger partial charge in [-0.2, -0.15) is 13.2 Å². The van der Waals surface area contributed by atoms with E-state index in [9.17, 15) is 22.8 Å². The molecular weight excluding hydrogens is 383 g/mol. The van der Waals surface area contributed by atoms with Crippen LogP contribution in [0.3, 0.4) is 0 Å². The third-order valence-electron chi connectivity index (χ3n) is 3.70. The van der Waals surface area contributed by atoms with Gasteiger partial charge in [0.1, 0.15) is 5.82 Å². The molecule has 0 saturated carbocycles. The lowest BCUT2D eigenvalue weighted by Gasteiger charge is -2.33. The summed E-state index contributed by atoms with van der Waals surface area (Å²) in [5.41, 5.74) is 5.01. The number of aromatic nitrogens is 1. The van der Waals surface area contributed by atoms with E-state index in [1.165, 1.54) is 0 Å². The molecule has 1 saturated heterocycles. The fourth-order valence-corrected chi connectivity index (χ4v) is 2.33. The van der Waals surface area contributed by atoms with Crippen molar-refractivity contribution in [2.75, 3.05) is 24.5 Å². The first-order chi connectivity index (χ1) is 13.1. The minimum Gasteiger partial charge on any atom is -0.475 e. The number of piperidine rings is 1. The molecule has 2 rings (SSSR count). The summed E-state index contributed by atoms with van der Waals surface area (Å²) in [4.78, 5) is 37.7. The highest BCUT2D eigenvalue weighted by Crippen LogP contribution is 2.17. The van der Waals surface area contributed by atoms with Gasteiger partial charge in [0.2, 0.25) is 5.91 Å². The van der Waals surface area contributed by atoms with Crippen molar-refractivity contribution in [2.45, 2.75) is 31.5 Å². The Balaban J connectivity index is 0.000000480. The molecule has 0 spiro atoms. The van der Waals surface area contributed by atoms with E-state index in [1.54, 1.807) is 6.20 Å². The van der Waals surface area contributed by atoms with E-state index in [1.807, 2.05) is 18.2 Å².